The highest BCUT2D eigenvalue weighted by Crippen LogP contribution is 2.21. The van der Waals surface area contributed by atoms with Crippen LogP contribution in [0.4, 0.5) is 0 Å². The second kappa shape index (κ2) is 3.66. The molecule has 0 atom stereocenters. The molecule has 0 bridgehead atoms. The number of hydrogen-bond acceptors (Lipinski definition) is 2. The lowest BCUT2D eigenvalue weighted by atomic mass is 10.1. The van der Waals surface area contributed by atoms with Crippen molar-refractivity contribution < 1.29 is 4.79 Å². The molecule has 2 nitrogen and oxygen atoms in total. The van der Waals surface area contributed by atoms with Crippen molar-refractivity contribution in [2.24, 2.45) is 5.73 Å². The van der Waals surface area contributed by atoms with Gasteiger partial charge in [0.05, 0.1) is 0 Å². The molecular formula is C7H11NOS. The van der Waals surface area contributed by atoms with Crippen LogP contribution in [0.15, 0.2) is 11.6 Å². The quantitative estimate of drug-likeness (QED) is 0.575. The Labute approximate surface area is 64.9 Å². The molecule has 1 amide bonds. The van der Waals surface area contributed by atoms with E-state index < -0.39 is 0 Å². The number of carbonyl (C=O) groups excluding carboxylic acids is 1. The minimum Gasteiger partial charge on any atom is -0.366 e. The Morgan fingerprint density at radius 1 is 1.50 bits per heavy atom. The number of rotatable bonds is 1. The van der Waals surface area contributed by atoms with Gasteiger partial charge in [0.1, 0.15) is 0 Å². The molecule has 1 heterocycles. The molecular weight excluding hydrogens is 146 g/mol. The molecule has 0 aromatic heterocycles. The van der Waals surface area contributed by atoms with Crippen molar-refractivity contribution in [3.63, 3.8) is 0 Å². The number of thioether (sulfide) groups is 1. The SMILES string of the molecule is NC(=O)C=C1CCSCC1. The molecule has 1 saturated heterocycles. The molecule has 0 unspecified atom stereocenters. The smallest absolute Gasteiger partial charge is 0.241 e. The standard InChI is InChI=1S/C7H11NOS/c8-7(9)5-6-1-3-10-4-2-6/h5H,1-4H2,(H2,8,9). The second-order valence-corrected chi connectivity index (χ2v) is 3.54. The van der Waals surface area contributed by atoms with Crippen molar-refractivity contribution in [2.45, 2.75) is 12.8 Å². The van der Waals surface area contributed by atoms with Gasteiger partial charge in [-0.05, 0) is 24.3 Å². The molecule has 0 saturated carbocycles. The summed E-state index contributed by atoms with van der Waals surface area (Å²) in [6.45, 7) is 0. The van der Waals surface area contributed by atoms with Gasteiger partial charge in [-0.2, -0.15) is 11.8 Å². The summed E-state index contributed by atoms with van der Waals surface area (Å²) in [7, 11) is 0. The Hall–Kier alpha value is -0.440. The minimum absolute atomic E-state index is 0.304. The van der Waals surface area contributed by atoms with Crippen LogP contribution in [0.1, 0.15) is 12.8 Å². The summed E-state index contributed by atoms with van der Waals surface area (Å²) in [4.78, 5) is 10.4. The zero-order chi connectivity index (χ0) is 7.40. The van der Waals surface area contributed by atoms with Gasteiger partial charge in [0.2, 0.25) is 5.91 Å². The number of hydrogen-bond donors (Lipinski definition) is 1. The molecule has 1 fully saturated rings. The zero-order valence-electron chi connectivity index (χ0n) is 5.80. The van der Waals surface area contributed by atoms with Crippen LogP contribution < -0.4 is 5.73 Å². The molecule has 56 valence electrons. The number of nitrogens with two attached hydrogens (primary N) is 1. The topological polar surface area (TPSA) is 43.1 Å². The lowest BCUT2D eigenvalue weighted by Crippen LogP contribution is -2.09. The molecule has 10 heavy (non-hydrogen) atoms. The van der Waals surface area contributed by atoms with Crippen LogP contribution in [-0.2, 0) is 4.79 Å². The summed E-state index contributed by atoms with van der Waals surface area (Å²) in [5, 5.41) is 0. The molecule has 0 aromatic rings. The summed E-state index contributed by atoms with van der Waals surface area (Å²) in [6, 6.07) is 0. The van der Waals surface area contributed by atoms with E-state index >= 15 is 0 Å². The van der Waals surface area contributed by atoms with Gasteiger partial charge in [-0.25, -0.2) is 0 Å². The molecule has 0 spiro atoms. The molecule has 1 aliphatic heterocycles. The van der Waals surface area contributed by atoms with E-state index in [1.165, 1.54) is 5.57 Å². The van der Waals surface area contributed by atoms with Gasteiger partial charge in [0, 0.05) is 6.08 Å². The maximum absolute atomic E-state index is 10.4. The molecule has 0 radical (unpaired) electrons. The van der Waals surface area contributed by atoms with Gasteiger partial charge in [0.25, 0.3) is 0 Å². The van der Waals surface area contributed by atoms with Gasteiger partial charge in [-0.3, -0.25) is 4.79 Å². The first kappa shape index (κ1) is 7.66. The van der Waals surface area contributed by atoms with E-state index in [-0.39, 0.29) is 5.91 Å². The van der Waals surface area contributed by atoms with Crippen molar-refractivity contribution in [3.05, 3.63) is 11.6 Å². The molecule has 0 aromatic carbocycles. The Morgan fingerprint density at radius 3 is 2.60 bits per heavy atom. The summed E-state index contributed by atoms with van der Waals surface area (Å²) in [5.41, 5.74) is 6.22. The minimum atomic E-state index is -0.304. The molecule has 2 N–H and O–H groups in total. The summed E-state index contributed by atoms with van der Waals surface area (Å²) >= 11 is 1.93. The molecule has 1 aliphatic rings. The third-order valence-corrected chi connectivity index (χ3v) is 2.47. The highest BCUT2D eigenvalue weighted by atomic mass is 32.2. The maximum Gasteiger partial charge on any atom is 0.241 e. The third-order valence-electron chi connectivity index (χ3n) is 1.48. The summed E-state index contributed by atoms with van der Waals surface area (Å²) in [5.74, 6) is 1.97. The van der Waals surface area contributed by atoms with E-state index in [1.54, 1.807) is 6.08 Å². The van der Waals surface area contributed by atoms with E-state index in [2.05, 4.69) is 0 Å². The van der Waals surface area contributed by atoms with Crippen LogP contribution in [0.3, 0.4) is 0 Å². The van der Waals surface area contributed by atoms with Gasteiger partial charge in [-0.1, -0.05) is 5.57 Å². The van der Waals surface area contributed by atoms with E-state index in [9.17, 15) is 4.79 Å². The number of amides is 1. The van der Waals surface area contributed by atoms with E-state index in [0.29, 0.717) is 0 Å². The fourth-order valence-electron chi connectivity index (χ4n) is 0.979. The Bertz CT molecular complexity index is 157. The van der Waals surface area contributed by atoms with Crippen LogP contribution in [0, 0.1) is 0 Å². The van der Waals surface area contributed by atoms with Crippen molar-refractivity contribution in [1.82, 2.24) is 0 Å². The first-order chi connectivity index (χ1) is 4.79. The van der Waals surface area contributed by atoms with E-state index in [4.69, 9.17) is 5.73 Å². The molecule has 1 rings (SSSR count). The monoisotopic (exact) mass is 157 g/mol. The van der Waals surface area contributed by atoms with E-state index in [0.717, 1.165) is 24.3 Å². The average molecular weight is 157 g/mol. The lowest BCUT2D eigenvalue weighted by molar-refractivity contribution is -0.113. The lowest BCUT2D eigenvalue weighted by Gasteiger charge is -2.11. The Kier molecular flexibility index (Phi) is 2.81. The third kappa shape index (κ3) is 2.43. The molecule has 3 heteroatoms. The van der Waals surface area contributed by atoms with Gasteiger partial charge >= 0.3 is 0 Å². The highest BCUT2D eigenvalue weighted by molar-refractivity contribution is 7.99. The van der Waals surface area contributed by atoms with Crippen molar-refractivity contribution in [2.75, 3.05) is 11.5 Å². The normalized spacial score (nSPS) is 18.6. The Balaban J connectivity index is 2.45. The highest BCUT2D eigenvalue weighted by Gasteiger charge is 2.05. The first-order valence-electron chi connectivity index (χ1n) is 3.35. The summed E-state index contributed by atoms with van der Waals surface area (Å²) < 4.78 is 0. The van der Waals surface area contributed by atoms with Crippen LogP contribution in [0.5, 0.6) is 0 Å². The predicted molar refractivity (Wildman–Crippen MR) is 43.8 cm³/mol. The second-order valence-electron chi connectivity index (χ2n) is 2.32. The Morgan fingerprint density at radius 2 is 2.10 bits per heavy atom. The fourth-order valence-corrected chi connectivity index (χ4v) is 2.00. The maximum atomic E-state index is 10.4. The van der Waals surface area contributed by atoms with Gasteiger partial charge < -0.3 is 5.73 Å². The van der Waals surface area contributed by atoms with Crippen LogP contribution in [0.25, 0.3) is 0 Å². The van der Waals surface area contributed by atoms with Crippen molar-refractivity contribution in [1.29, 1.82) is 0 Å². The summed E-state index contributed by atoms with van der Waals surface area (Å²) in [6.07, 6.45) is 3.64. The largest absolute Gasteiger partial charge is 0.366 e. The van der Waals surface area contributed by atoms with Crippen LogP contribution in [0.2, 0.25) is 0 Å². The number of allylic oxidation sites excluding steroid dienone is 1. The number of primary amides is 1. The zero-order valence-corrected chi connectivity index (χ0v) is 6.62. The van der Waals surface area contributed by atoms with Gasteiger partial charge in [-0.15, -0.1) is 0 Å². The van der Waals surface area contributed by atoms with Crippen molar-refractivity contribution >= 4 is 17.7 Å². The fraction of sp³-hybridized carbons (Fsp3) is 0.571. The predicted octanol–water partition coefficient (Wildman–Crippen LogP) is 0.925. The number of carbonyl (C=O) groups is 1. The average Bonchev–Trinajstić information content (AvgIpc) is 1.88. The first-order valence-corrected chi connectivity index (χ1v) is 4.51. The van der Waals surface area contributed by atoms with Crippen LogP contribution in [-0.4, -0.2) is 17.4 Å². The molecule has 0 aliphatic carbocycles. The van der Waals surface area contributed by atoms with E-state index in [1.807, 2.05) is 11.8 Å². The van der Waals surface area contributed by atoms with Crippen LogP contribution >= 0.6 is 11.8 Å². The van der Waals surface area contributed by atoms with Gasteiger partial charge in [0.15, 0.2) is 0 Å². The van der Waals surface area contributed by atoms with Crippen molar-refractivity contribution in [3.8, 4) is 0 Å².